The van der Waals surface area contributed by atoms with Crippen molar-refractivity contribution in [1.29, 1.82) is 0 Å². The Morgan fingerprint density at radius 1 is 0.885 bits per heavy atom. The van der Waals surface area contributed by atoms with Crippen molar-refractivity contribution in [3.63, 3.8) is 0 Å². The van der Waals surface area contributed by atoms with Crippen LogP contribution in [0.5, 0.6) is 0 Å². The molecule has 2 nitrogen and oxygen atoms in total. The number of carbonyl (C=O) groups is 1. The Morgan fingerprint density at radius 3 is 2.12 bits per heavy atom. The molecule has 26 heavy (non-hydrogen) atoms. The van der Waals surface area contributed by atoms with E-state index in [0.29, 0.717) is 13.0 Å². The number of hydrogen-bond donors (Lipinski definition) is 0. The Kier molecular flexibility index (Phi) is 6.24. The van der Waals surface area contributed by atoms with E-state index in [1.165, 1.54) is 5.56 Å². The van der Waals surface area contributed by atoms with Crippen LogP contribution in [0, 0.1) is 0 Å². The predicted octanol–water partition coefficient (Wildman–Crippen LogP) is 6.01. The molecule has 0 fully saturated rings. The smallest absolute Gasteiger partial charge is 0.313 e. The standard InChI is InChI=1S/C23H21BrO2/c1-2-26-23(25)22(16-17-8-14-21(24)15-9-17)20-12-10-19(11-13-20)18-6-4-3-5-7-18/h3-15,22H,2,16H2,1H3. The molecule has 0 amide bonds. The summed E-state index contributed by atoms with van der Waals surface area (Å²) in [5.41, 5.74) is 4.39. The van der Waals surface area contributed by atoms with Gasteiger partial charge >= 0.3 is 5.97 Å². The van der Waals surface area contributed by atoms with Gasteiger partial charge < -0.3 is 4.74 Å². The molecule has 3 aromatic carbocycles. The van der Waals surface area contributed by atoms with Crippen LogP contribution in [0.25, 0.3) is 11.1 Å². The molecule has 0 aromatic heterocycles. The van der Waals surface area contributed by atoms with Gasteiger partial charge in [-0.3, -0.25) is 4.79 Å². The van der Waals surface area contributed by atoms with Crippen molar-refractivity contribution in [1.82, 2.24) is 0 Å². The summed E-state index contributed by atoms with van der Waals surface area (Å²) in [5.74, 6) is -0.483. The molecule has 1 unspecified atom stereocenters. The fourth-order valence-electron chi connectivity index (χ4n) is 2.97. The molecule has 3 rings (SSSR count). The van der Waals surface area contributed by atoms with E-state index in [1.54, 1.807) is 0 Å². The molecule has 0 N–H and O–H groups in total. The fraction of sp³-hybridized carbons (Fsp3) is 0.174. The van der Waals surface area contributed by atoms with Crippen LogP contribution in [0.3, 0.4) is 0 Å². The average molecular weight is 409 g/mol. The monoisotopic (exact) mass is 408 g/mol. The lowest BCUT2D eigenvalue weighted by Gasteiger charge is -2.17. The van der Waals surface area contributed by atoms with Gasteiger partial charge in [-0.05, 0) is 47.7 Å². The maximum atomic E-state index is 12.5. The molecule has 0 aliphatic rings. The fourth-order valence-corrected chi connectivity index (χ4v) is 3.24. The first-order chi connectivity index (χ1) is 12.7. The number of esters is 1. The Morgan fingerprint density at radius 2 is 1.50 bits per heavy atom. The van der Waals surface area contributed by atoms with Crippen molar-refractivity contribution in [3.05, 3.63) is 94.5 Å². The van der Waals surface area contributed by atoms with E-state index in [4.69, 9.17) is 4.74 Å². The van der Waals surface area contributed by atoms with E-state index in [2.05, 4.69) is 40.2 Å². The second kappa shape index (κ2) is 8.81. The molecule has 0 bridgehead atoms. The first-order valence-electron chi connectivity index (χ1n) is 8.74. The summed E-state index contributed by atoms with van der Waals surface area (Å²) in [6.07, 6.45) is 0.622. The first-order valence-corrected chi connectivity index (χ1v) is 9.53. The molecule has 0 heterocycles. The van der Waals surface area contributed by atoms with Gasteiger partial charge in [0.1, 0.15) is 0 Å². The summed E-state index contributed by atoms with van der Waals surface area (Å²) in [6, 6.07) is 26.5. The molecule has 0 spiro atoms. The zero-order valence-electron chi connectivity index (χ0n) is 14.7. The Bertz CT molecular complexity index is 840. The molecule has 0 radical (unpaired) electrons. The molecule has 132 valence electrons. The first kappa shape index (κ1) is 18.4. The summed E-state index contributed by atoms with van der Waals surface area (Å²) < 4.78 is 6.35. The summed E-state index contributed by atoms with van der Waals surface area (Å²) >= 11 is 3.45. The van der Waals surface area contributed by atoms with E-state index >= 15 is 0 Å². The Hall–Kier alpha value is -2.39. The van der Waals surface area contributed by atoms with Crippen LogP contribution in [0.15, 0.2) is 83.3 Å². The molecule has 0 aliphatic heterocycles. The van der Waals surface area contributed by atoms with Crippen LogP contribution in [0.2, 0.25) is 0 Å². The van der Waals surface area contributed by atoms with Crippen molar-refractivity contribution < 1.29 is 9.53 Å². The maximum Gasteiger partial charge on any atom is 0.313 e. The van der Waals surface area contributed by atoms with Crippen molar-refractivity contribution in [2.24, 2.45) is 0 Å². The molecule has 0 saturated carbocycles. The number of carbonyl (C=O) groups excluding carboxylic acids is 1. The lowest BCUT2D eigenvalue weighted by Crippen LogP contribution is -2.18. The quantitative estimate of drug-likeness (QED) is 0.467. The third-order valence-corrected chi connectivity index (χ3v) is 4.87. The van der Waals surface area contributed by atoms with Crippen LogP contribution in [0.1, 0.15) is 24.0 Å². The number of ether oxygens (including phenoxy) is 1. The highest BCUT2D eigenvalue weighted by molar-refractivity contribution is 9.10. The van der Waals surface area contributed by atoms with Crippen molar-refractivity contribution >= 4 is 21.9 Å². The summed E-state index contributed by atoms with van der Waals surface area (Å²) in [7, 11) is 0. The topological polar surface area (TPSA) is 26.3 Å². The highest BCUT2D eigenvalue weighted by atomic mass is 79.9. The van der Waals surface area contributed by atoms with Gasteiger partial charge in [0.25, 0.3) is 0 Å². The summed E-state index contributed by atoms with van der Waals surface area (Å²) in [5, 5.41) is 0. The summed E-state index contributed by atoms with van der Waals surface area (Å²) in [4.78, 5) is 12.5. The number of benzene rings is 3. The minimum absolute atomic E-state index is 0.178. The molecule has 0 aliphatic carbocycles. The average Bonchev–Trinajstić information content (AvgIpc) is 2.68. The third kappa shape index (κ3) is 4.61. The zero-order valence-corrected chi connectivity index (χ0v) is 16.3. The molecular formula is C23H21BrO2. The van der Waals surface area contributed by atoms with Crippen LogP contribution >= 0.6 is 15.9 Å². The minimum Gasteiger partial charge on any atom is -0.466 e. The molecule has 0 saturated heterocycles. The van der Waals surface area contributed by atoms with Gasteiger partial charge in [-0.25, -0.2) is 0 Å². The van der Waals surface area contributed by atoms with Gasteiger partial charge in [-0.1, -0.05) is 82.7 Å². The minimum atomic E-state index is -0.305. The highest BCUT2D eigenvalue weighted by Crippen LogP contribution is 2.27. The van der Waals surface area contributed by atoms with E-state index in [9.17, 15) is 4.79 Å². The zero-order chi connectivity index (χ0) is 18.4. The van der Waals surface area contributed by atoms with Gasteiger partial charge in [0.2, 0.25) is 0 Å². The van der Waals surface area contributed by atoms with E-state index < -0.39 is 0 Å². The largest absolute Gasteiger partial charge is 0.466 e. The third-order valence-electron chi connectivity index (χ3n) is 4.34. The maximum absolute atomic E-state index is 12.5. The Balaban J connectivity index is 1.86. The summed E-state index contributed by atoms with van der Waals surface area (Å²) in [6.45, 7) is 2.23. The number of hydrogen-bond acceptors (Lipinski definition) is 2. The lowest BCUT2D eigenvalue weighted by molar-refractivity contribution is -0.144. The lowest BCUT2D eigenvalue weighted by atomic mass is 9.90. The van der Waals surface area contributed by atoms with Gasteiger partial charge in [0.15, 0.2) is 0 Å². The van der Waals surface area contributed by atoms with Crippen LogP contribution in [-0.4, -0.2) is 12.6 Å². The second-order valence-electron chi connectivity index (χ2n) is 6.12. The predicted molar refractivity (Wildman–Crippen MR) is 109 cm³/mol. The number of rotatable bonds is 6. The second-order valence-corrected chi connectivity index (χ2v) is 7.04. The molecule has 3 aromatic rings. The van der Waals surface area contributed by atoms with Crippen molar-refractivity contribution in [2.75, 3.05) is 6.61 Å². The van der Waals surface area contributed by atoms with E-state index in [1.807, 2.05) is 61.5 Å². The van der Waals surface area contributed by atoms with Crippen molar-refractivity contribution in [3.8, 4) is 11.1 Å². The Labute approximate surface area is 163 Å². The highest BCUT2D eigenvalue weighted by Gasteiger charge is 2.22. The normalized spacial score (nSPS) is 11.8. The van der Waals surface area contributed by atoms with E-state index in [0.717, 1.165) is 21.2 Å². The number of halogens is 1. The van der Waals surface area contributed by atoms with E-state index in [-0.39, 0.29) is 11.9 Å². The molecule has 3 heteroatoms. The van der Waals surface area contributed by atoms with Crippen LogP contribution < -0.4 is 0 Å². The van der Waals surface area contributed by atoms with Gasteiger partial charge in [0.05, 0.1) is 12.5 Å². The van der Waals surface area contributed by atoms with Gasteiger partial charge in [-0.2, -0.15) is 0 Å². The van der Waals surface area contributed by atoms with Gasteiger partial charge in [0, 0.05) is 4.47 Å². The van der Waals surface area contributed by atoms with Crippen LogP contribution in [-0.2, 0) is 16.0 Å². The van der Waals surface area contributed by atoms with Gasteiger partial charge in [-0.15, -0.1) is 0 Å². The molecular weight excluding hydrogens is 388 g/mol. The molecule has 1 atom stereocenters. The van der Waals surface area contributed by atoms with Crippen LogP contribution in [0.4, 0.5) is 0 Å². The SMILES string of the molecule is CCOC(=O)C(Cc1ccc(Br)cc1)c1ccc(-c2ccccc2)cc1. The van der Waals surface area contributed by atoms with Crippen molar-refractivity contribution in [2.45, 2.75) is 19.3 Å².